The predicted octanol–water partition coefficient (Wildman–Crippen LogP) is 2.01. The normalized spacial score (nSPS) is 23.2. The number of carbonyl (C=O) groups excluding carboxylic acids is 1. The molecule has 0 aromatic rings. The van der Waals surface area contributed by atoms with Crippen LogP contribution in [-0.2, 0) is 4.79 Å². The van der Waals surface area contributed by atoms with Crippen molar-refractivity contribution in [3.05, 3.63) is 0 Å². The van der Waals surface area contributed by atoms with Crippen LogP contribution in [0.4, 0.5) is 0 Å². The van der Waals surface area contributed by atoms with Crippen LogP contribution >= 0.6 is 0 Å². The molecule has 0 spiro atoms. The smallest absolute Gasteiger partial charge is 0.222 e. The van der Waals surface area contributed by atoms with E-state index in [0.29, 0.717) is 24.8 Å². The first-order valence-corrected chi connectivity index (χ1v) is 6.65. The molecule has 0 radical (unpaired) electrons. The summed E-state index contributed by atoms with van der Waals surface area (Å²) in [6.07, 6.45) is 5.27. The summed E-state index contributed by atoms with van der Waals surface area (Å²) in [5.41, 5.74) is 5.56. The molecular formula is C13H26N2O. The minimum absolute atomic E-state index is 0.332. The first-order chi connectivity index (χ1) is 7.67. The van der Waals surface area contributed by atoms with Crippen molar-refractivity contribution in [1.29, 1.82) is 0 Å². The van der Waals surface area contributed by atoms with Gasteiger partial charge in [0, 0.05) is 19.5 Å². The van der Waals surface area contributed by atoms with E-state index in [0.717, 1.165) is 25.4 Å². The van der Waals surface area contributed by atoms with Crippen molar-refractivity contribution in [2.24, 2.45) is 17.6 Å². The molecular weight excluding hydrogens is 200 g/mol. The minimum atomic E-state index is 0.332. The Labute approximate surface area is 99.4 Å². The lowest BCUT2D eigenvalue weighted by Crippen LogP contribution is -2.39. The average molecular weight is 226 g/mol. The number of piperidine rings is 1. The van der Waals surface area contributed by atoms with Crippen LogP contribution in [0, 0.1) is 11.8 Å². The van der Waals surface area contributed by atoms with Crippen molar-refractivity contribution in [2.45, 2.75) is 46.0 Å². The minimum Gasteiger partial charge on any atom is -0.342 e. The Morgan fingerprint density at radius 2 is 2.31 bits per heavy atom. The van der Waals surface area contributed by atoms with Crippen molar-refractivity contribution >= 4 is 5.91 Å². The van der Waals surface area contributed by atoms with Gasteiger partial charge in [0.1, 0.15) is 0 Å². The van der Waals surface area contributed by atoms with Crippen molar-refractivity contribution < 1.29 is 4.79 Å². The molecule has 16 heavy (non-hydrogen) atoms. The maximum atomic E-state index is 12.0. The average Bonchev–Trinajstić information content (AvgIpc) is 2.35. The maximum absolute atomic E-state index is 12.0. The molecule has 1 heterocycles. The van der Waals surface area contributed by atoms with Crippen molar-refractivity contribution in [3.8, 4) is 0 Å². The number of hydrogen-bond acceptors (Lipinski definition) is 2. The second kappa shape index (κ2) is 6.89. The summed E-state index contributed by atoms with van der Waals surface area (Å²) < 4.78 is 0. The molecule has 3 nitrogen and oxygen atoms in total. The zero-order valence-electron chi connectivity index (χ0n) is 10.7. The van der Waals surface area contributed by atoms with E-state index in [1.165, 1.54) is 19.3 Å². The van der Waals surface area contributed by atoms with Gasteiger partial charge in [-0.2, -0.15) is 0 Å². The molecule has 1 aliphatic heterocycles. The van der Waals surface area contributed by atoms with Gasteiger partial charge < -0.3 is 10.6 Å². The topological polar surface area (TPSA) is 46.3 Å². The summed E-state index contributed by atoms with van der Waals surface area (Å²) in [7, 11) is 0. The molecule has 0 bridgehead atoms. The third-order valence-electron chi connectivity index (χ3n) is 3.70. The van der Waals surface area contributed by atoms with Gasteiger partial charge in [0.25, 0.3) is 0 Å². The van der Waals surface area contributed by atoms with Crippen LogP contribution in [0.3, 0.4) is 0 Å². The Morgan fingerprint density at radius 3 is 2.94 bits per heavy atom. The summed E-state index contributed by atoms with van der Waals surface area (Å²) in [6, 6.07) is 0. The standard InChI is InChI=1S/C13H26N2O/c1-3-12-5-4-8-15(10-12)13(16)7-6-11(2)9-14/h11-12H,3-10,14H2,1-2H3. The van der Waals surface area contributed by atoms with E-state index >= 15 is 0 Å². The molecule has 2 atom stereocenters. The number of nitrogens with zero attached hydrogens (tertiary/aromatic N) is 1. The van der Waals surface area contributed by atoms with E-state index in [1.54, 1.807) is 0 Å². The number of carbonyl (C=O) groups is 1. The van der Waals surface area contributed by atoms with Crippen molar-refractivity contribution in [3.63, 3.8) is 0 Å². The zero-order chi connectivity index (χ0) is 12.0. The Hall–Kier alpha value is -0.570. The maximum Gasteiger partial charge on any atom is 0.222 e. The van der Waals surface area contributed by atoms with Crippen molar-refractivity contribution in [1.82, 2.24) is 4.90 Å². The highest BCUT2D eigenvalue weighted by Gasteiger charge is 2.22. The second-order valence-electron chi connectivity index (χ2n) is 5.14. The lowest BCUT2D eigenvalue weighted by atomic mass is 9.95. The first kappa shape index (κ1) is 13.5. The quantitative estimate of drug-likeness (QED) is 0.779. The van der Waals surface area contributed by atoms with Gasteiger partial charge >= 0.3 is 0 Å². The molecule has 1 amide bonds. The van der Waals surface area contributed by atoms with E-state index in [4.69, 9.17) is 5.73 Å². The molecule has 1 rings (SSSR count). The van der Waals surface area contributed by atoms with Crippen molar-refractivity contribution in [2.75, 3.05) is 19.6 Å². The fraction of sp³-hybridized carbons (Fsp3) is 0.923. The Balaban J connectivity index is 2.30. The highest BCUT2D eigenvalue weighted by atomic mass is 16.2. The number of nitrogens with two attached hydrogens (primary N) is 1. The van der Waals surface area contributed by atoms with Crippen LogP contribution in [0.1, 0.15) is 46.0 Å². The largest absolute Gasteiger partial charge is 0.342 e. The molecule has 94 valence electrons. The Bertz CT molecular complexity index is 218. The first-order valence-electron chi connectivity index (χ1n) is 6.65. The number of hydrogen-bond donors (Lipinski definition) is 1. The van der Waals surface area contributed by atoms with Gasteiger partial charge in [-0.1, -0.05) is 20.3 Å². The van der Waals surface area contributed by atoms with E-state index in [9.17, 15) is 4.79 Å². The van der Waals surface area contributed by atoms with Crippen LogP contribution in [0.5, 0.6) is 0 Å². The highest BCUT2D eigenvalue weighted by molar-refractivity contribution is 5.76. The fourth-order valence-corrected chi connectivity index (χ4v) is 2.27. The molecule has 0 saturated carbocycles. The van der Waals surface area contributed by atoms with Gasteiger partial charge in [0.05, 0.1) is 0 Å². The van der Waals surface area contributed by atoms with Crippen LogP contribution in [0.15, 0.2) is 0 Å². The third kappa shape index (κ3) is 4.12. The SMILES string of the molecule is CCC1CCCN(C(=O)CCC(C)CN)C1. The molecule has 0 aromatic heterocycles. The van der Waals surface area contributed by atoms with E-state index in [-0.39, 0.29) is 0 Å². The van der Waals surface area contributed by atoms with Crippen LogP contribution in [-0.4, -0.2) is 30.4 Å². The lowest BCUT2D eigenvalue weighted by Gasteiger charge is -2.32. The van der Waals surface area contributed by atoms with Crippen LogP contribution < -0.4 is 5.73 Å². The van der Waals surface area contributed by atoms with Gasteiger partial charge in [0.2, 0.25) is 5.91 Å². The molecule has 2 unspecified atom stereocenters. The summed E-state index contributed by atoms with van der Waals surface area (Å²) >= 11 is 0. The molecule has 0 aromatic carbocycles. The van der Waals surface area contributed by atoms with Gasteiger partial charge in [0.15, 0.2) is 0 Å². The summed E-state index contributed by atoms with van der Waals surface area (Å²) in [6.45, 7) is 6.96. The molecule has 3 heteroatoms. The molecule has 1 saturated heterocycles. The molecule has 2 N–H and O–H groups in total. The summed E-state index contributed by atoms with van der Waals surface area (Å²) in [4.78, 5) is 14.0. The van der Waals surface area contributed by atoms with E-state index < -0.39 is 0 Å². The van der Waals surface area contributed by atoms with Gasteiger partial charge in [-0.25, -0.2) is 0 Å². The zero-order valence-corrected chi connectivity index (χ0v) is 10.7. The third-order valence-corrected chi connectivity index (χ3v) is 3.70. The molecule has 0 aliphatic carbocycles. The fourth-order valence-electron chi connectivity index (χ4n) is 2.27. The van der Waals surface area contributed by atoms with E-state index in [1.807, 2.05) is 0 Å². The van der Waals surface area contributed by atoms with Gasteiger partial charge in [-0.3, -0.25) is 4.79 Å². The number of amides is 1. The second-order valence-corrected chi connectivity index (χ2v) is 5.14. The van der Waals surface area contributed by atoms with Gasteiger partial charge in [-0.05, 0) is 37.6 Å². The summed E-state index contributed by atoms with van der Waals surface area (Å²) in [5, 5.41) is 0. The Kier molecular flexibility index (Phi) is 5.81. The predicted molar refractivity (Wildman–Crippen MR) is 67.0 cm³/mol. The number of rotatable bonds is 5. The van der Waals surface area contributed by atoms with Crippen LogP contribution in [0.25, 0.3) is 0 Å². The van der Waals surface area contributed by atoms with E-state index in [2.05, 4.69) is 18.7 Å². The molecule has 1 fully saturated rings. The Morgan fingerprint density at radius 1 is 1.56 bits per heavy atom. The summed E-state index contributed by atoms with van der Waals surface area (Å²) in [5.74, 6) is 1.53. The lowest BCUT2D eigenvalue weighted by molar-refractivity contribution is -0.133. The van der Waals surface area contributed by atoms with Gasteiger partial charge in [-0.15, -0.1) is 0 Å². The molecule has 1 aliphatic rings. The number of likely N-dealkylation sites (tertiary alicyclic amines) is 1. The highest BCUT2D eigenvalue weighted by Crippen LogP contribution is 2.20. The monoisotopic (exact) mass is 226 g/mol. The van der Waals surface area contributed by atoms with Crippen LogP contribution in [0.2, 0.25) is 0 Å².